The predicted molar refractivity (Wildman–Crippen MR) is 130 cm³/mol. The highest BCUT2D eigenvalue weighted by Crippen LogP contribution is 2.36. The first-order valence-corrected chi connectivity index (χ1v) is 12.4. The molecular formula is C24H28N4O6S. The van der Waals surface area contributed by atoms with Gasteiger partial charge in [-0.2, -0.15) is 12.7 Å². The second-order valence-electron chi connectivity index (χ2n) is 9.12. The number of hydrogen-bond acceptors (Lipinski definition) is 8. The van der Waals surface area contributed by atoms with Crippen LogP contribution in [0.2, 0.25) is 0 Å². The van der Waals surface area contributed by atoms with E-state index in [1.165, 1.54) is 10.6 Å². The first kappa shape index (κ1) is 24.7. The summed E-state index contributed by atoms with van der Waals surface area (Å²) in [5, 5.41) is 0.775. The number of rotatable bonds is 5. The van der Waals surface area contributed by atoms with Gasteiger partial charge in [0.2, 0.25) is 0 Å². The lowest BCUT2D eigenvalue weighted by Crippen LogP contribution is -2.46. The van der Waals surface area contributed by atoms with E-state index in [9.17, 15) is 13.2 Å². The molecule has 0 aliphatic carbocycles. The topological polar surface area (TPSA) is 120 Å². The van der Waals surface area contributed by atoms with Crippen LogP contribution in [0.25, 0.3) is 22.2 Å². The molecule has 1 aliphatic heterocycles. The molecule has 10 nitrogen and oxygen atoms in total. The summed E-state index contributed by atoms with van der Waals surface area (Å²) in [4.78, 5) is 20.9. The Hall–Kier alpha value is -3.44. The number of carbonyl (C=O) groups is 1. The van der Waals surface area contributed by atoms with Gasteiger partial charge in [0.15, 0.2) is 11.5 Å². The third kappa shape index (κ3) is 5.30. The largest absolute Gasteiger partial charge is 0.493 e. The smallest absolute Gasteiger partial charge is 0.422 e. The SMILES string of the molecule is COc1cc2ncnc(-c3ccc4c(c3)CN(S(=O)(=O)NC(=O)OC(C)(C)C)CC4)c2cc1OC. The van der Waals surface area contributed by atoms with Crippen LogP contribution in [0, 0.1) is 0 Å². The molecule has 0 atom stereocenters. The first-order chi connectivity index (χ1) is 16.5. The number of nitrogens with one attached hydrogen (secondary N) is 1. The van der Waals surface area contributed by atoms with Crippen LogP contribution < -0.4 is 14.2 Å². The molecule has 0 radical (unpaired) electrons. The minimum atomic E-state index is -4.07. The second-order valence-corrected chi connectivity index (χ2v) is 10.8. The summed E-state index contributed by atoms with van der Waals surface area (Å²) in [5.41, 5.74) is 3.24. The molecule has 4 rings (SSSR count). The normalized spacial score (nSPS) is 14.3. The van der Waals surface area contributed by atoms with E-state index in [1.54, 1.807) is 41.1 Å². The van der Waals surface area contributed by atoms with Gasteiger partial charge in [0, 0.05) is 30.1 Å². The number of ether oxygens (including phenoxy) is 3. The second kappa shape index (κ2) is 9.31. The monoisotopic (exact) mass is 500 g/mol. The average Bonchev–Trinajstić information content (AvgIpc) is 2.80. The Bertz CT molecular complexity index is 1380. The lowest BCUT2D eigenvalue weighted by atomic mass is 9.96. The first-order valence-electron chi connectivity index (χ1n) is 11.0. The zero-order chi connectivity index (χ0) is 25.4. The fourth-order valence-corrected chi connectivity index (χ4v) is 4.99. The van der Waals surface area contributed by atoms with E-state index in [0.717, 1.165) is 22.1 Å². The average molecular weight is 501 g/mol. The van der Waals surface area contributed by atoms with E-state index in [4.69, 9.17) is 14.2 Å². The van der Waals surface area contributed by atoms with Crippen molar-refractivity contribution in [2.24, 2.45) is 0 Å². The number of amides is 1. The van der Waals surface area contributed by atoms with Crippen molar-refractivity contribution in [1.82, 2.24) is 19.0 Å². The molecule has 0 spiro atoms. The molecule has 2 aromatic carbocycles. The van der Waals surface area contributed by atoms with Crippen LogP contribution in [0.4, 0.5) is 4.79 Å². The van der Waals surface area contributed by atoms with E-state index >= 15 is 0 Å². The fraction of sp³-hybridized carbons (Fsp3) is 0.375. The molecule has 11 heteroatoms. The molecular weight excluding hydrogens is 472 g/mol. The third-order valence-corrected chi connectivity index (χ3v) is 6.96. The van der Waals surface area contributed by atoms with Crippen LogP contribution >= 0.6 is 0 Å². The number of methoxy groups -OCH3 is 2. The van der Waals surface area contributed by atoms with Crippen LogP contribution in [-0.4, -0.2) is 55.1 Å². The van der Waals surface area contributed by atoms with Crippen molar-refractivity contribution in [2.75, 3.05) is 20.8 Å². The molecule has 0 saturated carbocycles. The molecule has 3 aromatic rings. The quantitative estimate of drug-likeness (QED) is 0.566. The number of benzene rings is 2. The summed E-state index contributed by atoms with van der Waals surface area (Å²) in [6, 6.07) is 9.47. The number of aromatic nitrogens is 2. The summed E-state index contributed by atoms with van der Waals surface area (Å²) < 4.78 is 44.8. The Kier molecular flexibility index (Phi) is 6.56. The van der Waals surface area contributed by atoms with Crippen molar-refractivity contribution in [3.05, 3.63) is 47.8 Å². The summed E-state index contributed by atoms with van der Waals surface area (Å²) in [5.74, 6) is 1.12. The van der Waals surface area contributed by atoms with Gasteiger partial charge in [-0.05, 0) is 50.5 Å². The van der Waals surface area contributed by atoms with Gasteiger partial charge in [0.25, 0.3) is 0 Å². The zero-order valence-electron chi connectivity index (χ0n) is 20.3. The van der Waals surface area contributed by atoms with Gasteiger partial charge in [-0.15, -0.1) is 0 Å². The van der Waals surface area contributed by atoms with E-state index in [2.05, 4.69) is 9.97 Å². The summed E-state index contributed by atoms with van der Waals surface area (Å²) in [6.45, 7) is 5.36. The molecule has 0 bridgehead atoms. The van der Waals surface area contributed by atoms with Gasteiger partial charge < -0.3 is 14.2 Å². The molecule has 0 saturated heterocycles. The highest BCUT2D eigenvalue weighted by molar-refractivity contribution is 7.87. The van der Waals surface area contributed by atoms with Crippen LogP contribution in [0.1, 0.15) is 31.9 Å². The maximum atomic E-state index is 12.8. The minimum absolute atomic E-state index is 0.113. The number of hydrogen-bond donors (Lipinski definition) is 1. The van der Waals surface area contributed by atoms with Gasteiger partial charge in [-0.25, -0.2) is 19.5 Å². The maximum Gasteiger partial charge on any atom is 0.422 e. The Labute approximate surface area is 204 Å². The molecule has 1 aromatic heterocycles. The van der Waals surface area contributed by atoms with E-state index in [1.807, 2.05) is 29.0 Å². The number of carbonyl (C=O) groups excluding carboxylic acids is 1. The molecule has 0 unspecified atom stereocenters. The van der Waals surface area contributed by atoms with Crippen LogP contribution in [0.15, 0.2) is 36.7 Å². The molecule has 2 heterocycles. The van der Waals surface area contributed by atoms with Crippen LogP contribution in [0.5, 0.6) is 11.5 Å². The van der Waals surface area contributed by atoms with Crippen LogP contribution in [0.3, 0.4) is 0 Å². The molecule has 1 N–H and O–H groups in total. The Morgan fingerprint density at radius 1 is 1.03 bits per heavy atom. The molecule has 1 amide bonds. The Morgan fingerprint density at radius 3 is 2.43 bits per heavy atom. The zero-order valence-corrected chi connectivity index (χ0v) is 21.1. The van der Waals surface area contributed by atoms with Crippen molar-refractivity contribution in [1.29, 1.82) is 0 Å². The lowest BCUT2D eigenvalue weighted by Gasteiger charge is -2.29. The maximum absolute atomic E-state index is 12.8. The van der Waals surface area contributed by atoms with Gasteiger partial charge in [0.05, 0.1) is 25.4 Å². The molecule has 186 valence electrons. The van der Waals surface area contributed by atoms with Crippen molar-refractivity contribution >= 4 is 27.2 Å². The van der Waals surface area contributed by atoms with Gasteiger partial charge in [-0.1, -0.05) is 12.1 Å². The predicted octanol–water partition coefficient (Wildman–Crippen LogP) is 3.44. The van der Waals surface area contributed by atoms with E-state index in [-0.39, 0.29) is 13.1 Å². The summed E-state index contributed by atoms with van der Waals surface area (Å²) >= 11 is 0. The Balaban J connectivity index is 1.65. The van der Waals surface area contributed by atoms with Gasteiger partial charge >= 0.3 is 16.3 Å². The Morgan fingerprint density at radius 2 is 1.74 bits per heavy atom. The number of nitrogens with zero attached hydrogens (tertiary/aromatic N) is 3. The fourth-order valence-electron chi connectivity index (χ4n) is 3.97. The third-order valence-electron chi connectivity index (χ3n) is 5.55. The van der Waals surface area contributed by atoms with Crippen molar-refractivity contribution < 1.29 is 27.4 Å². The molecule has 1 aliphatic rings. The minimum Gasteiger partial charge on any atom is -0.493 e. The highest BCUT2D eigenvalue weighted by atomic mass is 32.2. The summed E-state index contributed by atoms with van der Waals surface area (Å²) in [7, 11) is -0.950. The molecule has 0 fully saturated rings. The number of fused-ring (bicyclic) bond motifs is 2. The lowest BCUT2D eigenvalue weighted by molar-refractivity contribution is 0.0566. The van der Waals surface area contributed by atoms with Gasteiger partial charge in [0.1, 0.15) is 11.9 Å². The van der Waals surface area contributed by atoms with Crippen LogP contribution in [-0.2, 0) is 27.9 Å². The highest BCUT2D eigenvalue weighted by Gasteiger charge is 2.30. The molecule has 35 heavy (non-hydrogen) atoms. The van der Waals surface area contributed by atoms with Crippen molar-refractivity contribution in [3.63, 3.8) is 0 Å². The van der Waals surface area contributed by atoms with Gasteiger partial charge in [-0.3, -0.25) is 0 Å². The summed E-state index contributed by atoms with van der Waals surface area (Å²) in [6.07, 6.45) is 0.985. The van der Waals surface area contributed by atoms with E-state index < -0.39 is 21.9 Å². The van der Waals surface area contributed by atoms with E-state index in [0.29, 0.717) is 29.1 Å². The van der Waals surface area contributed by atoms with Crippen molar-refractivity contribution in [3.8, 4) is 22.8 Å². The standard InChI is InChI=1S/C24H28N4O6S/c1-24(2,3)34-23(29)27-35(30,31)28-9-8-15-6-7-16(10-17(15)13-28)22-18-11-20(32-4)21(33-5)12-19(18)25-14-26-22/h6-7,10-12,14H,8-9,13H2,1-5H3,(H,27,29). The van der Waals surface area contributed by atoms with Crippen molar-refractivity contribution in [2.45, 2.75) is 39.3 Å².